The molecule has 116 valence electrons. The minimum atomic E-state index is -0.588. The van der Waals surface area contributed by atoms with Crippen molar-refractivity contribution in [1.82, 2.24) is 4.90 Å². The van der Waals surface area contributed by atoms with Gasteiger partial charge in [-0.1, -0.05) is 19.4 Å². The number of hydrogen-bond donors (Lipinski definition) is 1. The molecule has 3 rings (SSSR count). The van der Waals surface area contributed by atoms with Crippen LogP contribution >= 0.6 is 11.3 Å². The van der Waals surface area contributed by atoms with Gasteiger partial charge in [-0.2, -0.15) is 0 Å². The van der Waals surface area contributed by atoms with Gasteiger partial charge in [0, 0.05) is 17.5 Å². The van der Waals surface area contributed by atoms with Gasteiger partial charge in [-0.15, -0.1) is 11.3 Å². The van der Waals surface area contributed by atoms with Crippen LogP contribution in [-0.2, 0) is 4.79 Å². The Hall–Kier alpha value is -0.870. The molecule has 1 aromatic rings. The topological polar surface area (TPSA) is 40.5 Å². The summed E-state index contributed by atoms with van der Waals surface area (Å²) in [5.41, 5.74) is -0.516. The van der Waals surface area contributed by atoms with Crippen molar-refractivity contribution >= 4 is 17.3 Å². The lowest BCUT2D eigenvalue weighted by atomic mass is 9.75. The number of rotatable bonds is 6. The summed E-state index contributed by atoms with van der Waals surface area (Å²) in [5, 5.41) is 11.9. The molecule has 2 aliphatic rings. The van der Waals surface area contributed by atoms with E-state index in [1.165, 1.54) is 17.7 Å². The van der Waals surface area contributed by atoms with Gasteiger partial charge in [-0.25, -0.2) is 0 Å². The zero-order valence-corrected chi connectivity index (χ0v) is 13.6. The Balaban J connectivity index is 1.82. The van der Waals surface area contributed by atoms with E-state index in [0.29, 0.717) is 6.04 Å². The normalized spacial score (nSPS) is 28.4. The van der Waals surface area contributed by atoms with Crippen LogP contribution < -0.4 is 0 Å². The number of aliphatic carboxylic acids is 1. The maximum absolute atomic E-state index is 11.9. The summed E-state index contributed by atoms with van der Waals surface area (Å²) in [6, 6.07) is 4.81. The van der Waals surface area contributed by atoms with E-state index in [2.05, 4.69) is 29.3 Å². The molecule has 0 amide bonds. The zero-order chi connectivity index (χ0) is 14.9. The van der Waals surface area contributed by atoms with E-state index in [0.717, 1.165) is 44.7 Å². The number of carbonyl (C=O) groups is 1. The molecule has 2 heterocycles. The summed E-state index contributed by atoms with van der Waals surface area (Å²) in [6.07, 6.45) is 6.21. The van der Waals surface area contributed by atoms with Crippen molar-refractivity contribution in [2.24, 2.45) is 11.3 Å². The van der Waals surface area contributed by atoms with Gasteiger partial charge in [0.15, 0.2) is 0 Å². The summed E-state index contributed by atoms with van der Waals surface area (Å²) in [6.45, 7) is 3.88. The van der Waals surface area contributed by atoms with Crippen molar-refractivity contribution in [3.05, 3.63) is 22.4 Å². The monoisotopic (exact) mass is 307 g/mol. The summed E-state index contributed by atoms with van der Waals surface area (Å²) in [4.78, 5) is 15.8. The summed E-state index contributed by atoms with van der Waals surface area (Å²) >= 11 is 1.83. The minimum absolute atomic E-state index is 0.459. The number of nitrogens with zero attached hydrogens (tertiary/aromatic N) is 1. The average molecular weight is 307 g/mol. The van der Waals surface area contributed by atoms with Gasteiger partial charge >= 0.3 is 5.97 Å². The number of likely N-dealkylation sites (tertiary alicyclic amines) is 1. The van der Waals surface area contributed by atoms with Crippen molar-refractivity contribution in [2.75, 3.05) is 13.1 Å². The highest BCUT2D eigenvalue weighted by atomic mass is 32.1. The molecule has 1 aliphatic heterocycles. The van der Waals surface area contributed by atoms with Crippen LogP contribution in [0.25, 0.3) is 0 Å². The Morgan fingerprint density at radius 2 is 2.38 bits per heavy atom. The average Bonchev–Trinajstić information content (AvgIpc) is 3.14. The highest BCUT2D eigenvalue weighted by molar-refractivity contribution is 7.10. The van der Waals surface area contributed by atoms with Crippen LogP contribution in [0.5, 0.6) is 0 Å². The zero-order valence-electron chi connectivity index (χ0n) is 12.8. The van der Waals surface area contributed by atoms with Crippen molar-refractivity contribution in [1.29, 1.82) is 0 Å². The molecule has 0 bridgehead atoms. The number of piperidine rings is 1. The van der Waals surface area contributed by atoms with Gasteiger partial charge in [-0.3, -0.25) is 9.69 Å². The molecule has 0 radical (unpaired) electrons. The van der Waals surface area contributed by atoms with Crippen molar-refractivity contribution < 1.29 is 9.90 Å². The Morgan fingerprint density at radius 1 is 1.57 bits per heavy atom. The van der Waals surface area contributed by atoms with Crippen LogP contribution in [0.4, 0.5) is 0 Å². The van der Waals surface area contributed by atoms with E-state index >= 15 is 0 Å². The predicted octanol–water partition coefficient (Wildman–Crippen LogP) is 4.17. The molecule has 4 heteroatoms. The lowest BCUT2D eigenvalue weighted by Crippen LogP contribution is -2.49. The number of carboxylic acid groups (broad SMARTS) is 1. The van der Waals surface area contributed by atoms with Crippen molar-refractivity contribution in [3.8, 4) is 0 Å². The first-order valence-electron chi connectivity index (χ1n) is 8.17. The van der Waals surface area contributed by atoms with Gasteiger partial charge in [0.2, 0.25) is 0 Å². The van der Waals surface area contributed by atoms with Crippen LogP contribution in [0, 0.1) is 11.3 Å². The Morgan fingerprint density at radius 3 is 2.95 bits per heavy atom. The van der Waals surface area contributed by atoms with Crippen LogP contribution in [0.2, 0.25) is 0 Å². The number of thiophene rings is 1. The van der Waals surface area contributed by atoms with Gasteiger partial charge in [-0.05, 0) is 56.0 Å². The Labute approximate surface area is 131 Å². The molecule has 3 nitrogen and oxygen atoms in total. The van der Waals surface area contributed by atoms with Gasteiger partial charge in [0.25, 0.3) is 0 Å². The fraction of sp³-hybridized carbons (Fsp3) is 0.706. The molecule has 2 unspecified atom stereocenters. The first kappa shape index (κ1) is 15.0. The lowest BCUT2D eigenvalue weighted by Gasteiger charge is -2.43. The largest absolute Gasteiger partial charge is 0.481 e. The van der Waals surface area contributed by atoms with E-state index < -0.39 is 11.4 Å². The van der Waals surface area contributed by atoms with Crippen molar-refractivity contribution in [2.45, 2.75) is 51.5 Å². The maximum atomic E-state index is 11.9. The fourth-order valence-electron chi connectivity index (χ4n) is 3.95. The lowest BCUT2D eigenvalue weighted by molar-refractivity contribution is -0.154. The molecule has 2 fully saturated rings. The highest BCUT2D eigenvalue weighted by Gasteiger charge is 2.46. The van der Waals surface area contributed by atoms with Crippen LogP contribution in [0.1, 0.15) is 56.4 Å². The van der Waals surface area contributed by atoms with Crippen LogP contribution in [0.15, 0.2) is 17.5 Å². The van der Waals surface area contributed by atoms with E-state index in [1.807, 2.05) is 11.3 Å². The Kier molecular flexibility index (Phi) is 4.36. The molecule has 1 aromatic heterocycles. The summed E-state index contributed by atoms with van der Waals surface area (Å²) in [7, 11) is 0. The van der Waals surface area contributed by atoms with E-state index in [-0.39, 0.29) is 0 Å². The summed E-state index contributed by atoms with van der Waals surface area (Å²) < 4.78 is 0. The van der Waals surface area contributed by atoms with E-state index in [1.54, 1.807) is 0 Å². The third-order valence-electron chi connectivity index (χ3n) is 5.09. The highest BCUT2D eigenvalue weighted by Crippen LogP contribution is 2.48. The first-order chi connectivity index (χ1) is 10.2. The van der Waals surface area contributed by atoms with Crippen LogP contribution in [0.3, 0.4) is 0 Å². The first-order valence-corrected chi connectivity index (χ1v) is 9.05. The van der Waals surface area contributed by atoms with E-state index in [4.69, 9.17) is 0 Å². The smallest absolute Gasteiger partial charge is 0.310 e. The number of carboxylic acids is 1. The second-order valence-electron chi connectivity index (χ2n) is 6.71. The third kappa shape index (κ3) is 3.02. The molecular formula is C17H25NO2S. The number of hydrogen-bond acceptors (Lipinski definition) is 3. The second kappa shape index (κ2) is 6.09. The summed E-state index contributed by atoms with van der Waals surface area (Å²) in [5.74, 6) is 0.157. The van der Waals surface area contributed by atoms with E-state index in [9.17, 15) is 9.90 Å². The van der Waals surface area contributed by atoms with Crippen LogP contribution in [-0.4, -0.2) is 29.1 Å². The maximum Gasteiger partial charge on any atom is 0.310 e. The Bertz CT molecular complexity index is 479. The SMILES string of the molecule is CCCC1(C(=O)O)CCCN(C(c2cccs2)C2CC2)C1. The molecule has 2 atom stereocenters. The predicted molar refractivity (Wildman–Crippen MR) is 85.6 cm³/mol. The van der Waals surface area contributed by atoms with Gasteiger partial charge in [0.05, 0.1) is 5.41 Å². The molecule has 1 saturated carbocycles. The molecule has 0 spiro atoms. The molecule has 1 aliphatic carbocycles. The molecule has 21 heavy (non-hydrogen) atoms. The van der Waals surface area contributed by atoms with Gasteiger partial charge < -0.3 is 5.11 Å². The van der Waals surface area contributed by atoms with Gasteiger partial charge in [0.1, 0.15) is 0 Å². The third-order valence-corrected chi connectivity index (χ3v) is 6.03. The molecular weight excluding hydrogens is 282 g/mol. The van der Waals surface area contributed by atoms with Crippen molar-refractivity contribution in [3.63, 3.8) is 0 Å². The fourth-order valence-corrected chi connectivity index (χ4v) is 4.90. The molecule has 0 aromatic carbocycles. The second-order valence-corrected chi connectivity index (χ2v) is 7.69. The quantitative estimate of drug-likeness (QED) is 0.857. The molecule has 1 saturated heterocycles. The molecule has 1 N–H and O–H groups in total. The minimum Gasteiger partial charge on any atom is -0.481 e. The standard InChI is InChI=1S/C17H25NO2S/c1-2-8-17(16(19)20)9-4-10-18(12-17)15(13-6-7-13)14-5-3-11-21-14/h3,5,11,13,15H,2,4,6-10,12H2,1H3,(H,19,20).